The summed E-state index contributed by atoms with van der Waals surface area (Å²) in [7, 11) is 1.61. The van der Waals surface area contributed by atoms with Crippen LogP contribution < -0.4 is 19.5 Å². The second kappa shape index (κ2) is 8.24. The number of hydrogen-bond donors (Lipinski definition) is 1. The summed E-state index contributed by atoms with van der Waals surface area (Å²) in [6.45, 7) is 1.70. The smallest absolute Gasteiger partial charge is 0.244 e. The third-order valence-electron chi connectivity index (χ3n) is 3.87. The van der Waals surface area contributed by atoms with E-state index >= 15 is 0 Å². The number of para-hydroxylation sites is 1. The van der Waals surface area contributed by atoms with E-state index in [0.29, 0.717) is 19.8 Å². The lowest BCUT2D eigenvalue weighted by Crippen LogP contribution is -2.23. The molecule has 2 aromatic rings. The number of benzene rings is 2. The van der Waals surface area contributed by atoms with Crippen LogP contribution in [0.2, 0.25) is 0 Å². The molecule has 0 saturated heterocycles. The average Bonchev–Trinajstić information content (AvgIpc) is 2.66. The second-order valence-electron chi connectivity index (χ2n) is 5.59. The molecule has 0 unspecified atom stereocenters. The Morgan fingerprint density at radius 3 is 2.80 bits per heavy atom. The maximum atomic E-state index is 12.0. The molecule has 130 valence electrons. The number of rotatable bonds is 6. The van der Waals surface area contributed by atoms with Gasteiger partial charge in [-0.2, -0.15) is 0 Å². The van der Waals surface area contributed by atoms with Gasteiger partial charge in [0.05, 0.1) is 7.11 Å². The number of methoxy groups -OCH3 is 1. The standard InChI is InChI=1S/C20H21NO4/c1-23-17-5-3-2-4-16(17)7-9-20(22)21-11-10-15-6-8-18-19(14-15)25-13-12-24-18/h2-9,14H,10-13H2,1H3,(H,21,22)/b9-7+. The summed E-state index contributed by atoms with van der Waals surface area (Å²) in [5, 5.41) is 2.88. The van der Waals surface area contributed by atoms with Crippen molar-refractivity contribution in [1.29, 1.82) is 0 Å². The Labute approximate surface area is 147 Å². The molecule has 5 nitrogen and oxygen atoms in total. The number of nitrogens with one attached hydrogen (secondary N) is 1. The molecule has 0 spiro atoms. The Balaban J connectivity index is 1.50. The van der Waals surface area contributed by atoms with E-state index in [4.69, 9.17) is 14.2 Å². The summed E-state index contributed by atoms with van der Waals surface area (Å²) in [6, 6.07) is 13.4. The molecule has 1 aliphatic heterocycles. The monoisotopic (exact) mass is 339 g/mol. The SMILES string of the molecule is COc1ccccc1/C=C/C(=O)NCCc1ccc2c(c1)OCCO2. The molecule has 25 heavy (non-hydrogen) atoms. The normalized spacial score (nSPS) is 12.8. The van der Waals surface area contributed by atoms with Crippen LogP contribution in [0.15, 0.2) is 48.5 Å². The van der Waals surface area contributed by atoms with Gasteiger partial charge in [0.15, 0.2) is 11.5 Å². The van der Waals surface area contributed by atoms with Crippen LogP contribution in [0.4, 0.5) is 0 Å². The molecule has 0 bridgehead atoms. The van der Waals surface area contributed by atoms with E-state index in [0.717, 1.165) is 34.8 Å². The minimum absolute atomic E-state index is 0.136. The number of amides is 1. The minimum atomic E-state index is -0.136. The van der Waals surface area contributed by atoms with Crippen molar-refractivity contribution in [1.82, 2.24) is 5.32 Å². The number of carbonyl (C=O) groups excluding carboxylic acids is 1. The fourth-order valence-corrected chi connectivity index (χ4v) is 2.60. The molecule has 5 heteroatoms. The maximum absolute atomic E-state index is 12.0. The van der Waals surface area contributed by atoms with Crippen molar-refractivity contribution >= 4 is 12.0 Å². The highest BCUT2D eigenvalue weighted by Crippen LogP contribution is 2.30. The first-order chi connectivity index (χ1) is 12.3. The third-order valence-corrected chi connectivity index (χ3v) is 3.87. The average molecular weight is 339 g/mol. The highest BCUT2D eigenvalue weighted by atomic mass is 16.6. The van der Waals surface area contributed by atoms with Gasteiger partial charge in [-0.05, 0) is 36.3 Å². The fraction of sp³-hybridized carbons (Fsp3) is 0.250. The van der Waals surface area contributed by atoms with E-state index in [1.165, 1.54) is 6.08 Å². The van der Waals surface area contributed by atoms with Crippen molar-refractivity contribution in [3.05, 3.63) is 59.7 Å². The largest absolute Gasteiger partial charge is 0.496 e. The molecule has 3 rings (SSSR count). The lowest BCUT2D eigenvalue weighted by atomic mass is 10.1. The molecule has 0 radical (unpaired) electrons. The molecule has 0 aliphatic carbocycles. The van der Waals surface area contributed by atoms with Gasteiger partial charge < -0.3 is 19.5 Å². The second-order valence-corrected chi connectivity index (χ2v) is 5.59. The highest BCUT2D eigenvalue weighted by molar-refractivity contribution is 5.92. The van der Waals surface area contributed by atoms with E-state index in [1.54, 1.807) is 13.2 Å². The topological polar surface area (TPSA) is 56.8 Å². The zero-order valence-electron chi connectivity index (χ0n) is 14.2. The quantitative estimate of drug-likeness (QED) is 0.822. The molecule has 0 fully saturated rings. The van der Waals surface area contributed by atoms with E-state index in [1.807, 2.05) is 42.5 Å². The van der Waals surface area contributed by atoms with Crippen molar-refractivity contribution in [2.75, 3.05) is 26.9 Å². The number of carbonyl (C=O) groups is 1. The van der Waals surface area contributed by atoms with Gasteiger partial charge in [0.25, 0.3) is 0 Å². The van der Waals surface area contributed by atoms with E-state index in [2.05, 4.69) is 5.32 Å². The van der Waals surface area contributed by atoms with Crippen molar-refractivity contribution in [2.45, 2.75) is 6.42 Å². The Morgan fingerprint density at radius 2 is 1.96 bits per heavy atom. The maximum Gasteiger partial charge on any atom is 0.244 e. The van der Waals surface area contributed by atoms with E-state index in [9.17, 15) is 4.79 Å². The van der Waals surface area contributed by atoms with Gasteiger partial charge in [-0.15, -0.1) is 0 Å². The van der Waals surface area contributed by atoms with Crippen LogP contribution in [0.5, 0.6) is 17.2 Å². The van der Waals surface area contributed by atoms with Crippen molar-refractivity contribution in [2.24, 2.45) is 0 Å². The van der Waals surface area contributed by atoms with Crippen LogP contribution in [-0.2, 0) is 11.2 Å². The molecule has 0 saturated carbocycles. The summed E-state index contributed by atoms with van der Waals surface area (Å²) in [5.41, 5.74) is 1.96. The van der Waals surface area contributed by atoms with Crippen LogP contribution in [0.3, 0.4) is 0 Å². The summed E-state index contributed by atoms with van der Waals surface area (Å²) < 4.78 is 16.3. The predicted molar refractivity (Wildman–Crippen MR) is 96.2 cm³/mol. The van der Waals surface area contributed by atoms with E-state index < -0.39 is 0 Å². The van der Waals surface area contributed by atoms with Crippen molar-refractivity contribution < 1.29 is 19.0 Å². The number of ether oxygens (including phenoxy) is 3. The first-order valence-corrected chi connectivity index (χ1v) is 8.24. The molecule has 1 amide bonds. The predicted octanol–water partition coefficient (Wildman–Crippen LogP) is 2.84. The van der Waals surface area contributed by atoms with Crippen molar-refractivity contribution in [3.63, 3.8) is 0 Å². The molecular formula is C20H21NO4. The Hall–Kier alpha value is -2.95. The van der Waals surface area contributed by atoms with Crippen LogP contribution in [0.1, 0.15) is 11.1 Å². The van der Waals surface area contributed by atoms with Gasteiger partial charge >= 0.3 is 0 Å². The summed E-state index contributed by atoms with van der Waals surface area (Å²) in [5.74, 6) is 2.15. The fourth-order valence-electron chi connectivity index (χ4n) is 2.60. The Bertz CT molecular complexity index is 770. The van der Waals surface area contributed by atoms with Gasteiger partial charge in [-0.1, -0.05) is 24.3 Å². The third kappa shape index (κ3) is 4.53. The van der Waals surface area contributed by atoms with Crippen LogP contribution in [0.25, 0.3) is 6.08 Å². The number of hydrogen-bond acceptors (Lipinski definition) is 4. The Kier molecular flexibility index (Phi) is 5.57. The zero-order chi connectivity index (χ0) is 17.5. The first kappa shape index (κ1) is 16.9. The van der Waals surface area contributed by atoms with Gasteiger partial charge in [-0.3, -0.25) is 4.79 Å². The lowest BCUT2D eigenvalue weighted by Gasteiger charge is -2.18. The molecule has 0 atom stereocenters. The molecule has 1 aliphatic rings. The van der Waals surface area contributed by atoms with Gasteiger partial charge in [0, 0.05) is 18.2 Å². The van der Waals surface area contributed by atoms with Crippen LogP contribution >= 0.6 is 0 Å². The van der Waals surface area contributed by atoms with E-state index in [-0.39, 0.29) is 5.91 Å². The molecule has 0 aromatic heterocycles. The van der Waals surface area contributed by atoms with Crippen molar-refractivity contribution in [3.8, 4) is 17.2 Å². The first-order valence-electron chi connectivity index (χ1n) is 8.24. The summed E-state index contributed by atoms with van der Waals surface area (Å²) >= 11 is 0. The zero-order valence-corrected chi connectivity index (χ0v) is 14.2. The number of fused-ring (bicyclic) bond motifs is 1. The molecule has 2 aromatic carbocycles. The van der Waals surface area contributed by atoms with Gasteiger partial charge in [0.2, 0.25) is 5.91 Å². The molecule has 1 N–H and O–H groups in total. The molecular weight excluding hydrogens is 318 g/mol. The van der Waals surface area contributed by atoms with Crippen LogP contribution in [-0.4, -0.2) is 32.8 Å². The lowest BCUT2D eigenvalue weighted by molar-refractivity contribution is -0.116. The minimum Gasteiger partial charge on any atom is -0.496 e. The highest BCUT2D eigenvalue weighted by Gasteiger charge is 2.11. The van der Waals surface area contributed by atoms with Gasteiger partial charge in [0.1, 0.15) is 19.0 Å². The molecule has 1 heterocycles. The van der Waals surface area contributed by atoms with Crippen LogP contribution in [0, 0.1) is 0 Å². The summed E-state index contributed by atoms with van der Waals surface area (Å²) in [4.78, 5) is 12.0. The Morgan fingerprint density at radius 1 is 1.16 bits per heavy atom. The van der Waals surface area contributed by atoms with Gasteiger partial charge in [-0.25, -0.2) is 0 Å². The summed E-state index contributed by atoms with van der Waals surface area (Å²) in [6.07, 6.45) is 3.99.